The Morgan fingerprint density at radius 3 is 2.25 bits per heavy atom. The van der Waals surface area contributed by atoms with E-state index in [-0.39, 0.29) is 44.0 Å². The summed E-state index contributed by atoms with van der Waals surface area (Å²) in [6.45, 7) is 6.67. The second-order valence-corrected chi connectivity index (χ2v) is 15.8. The average molecular weight is 855 g/mol. The molecule has 0 radical (unpaired) electrons. The van der Waals surface area contributed by atoms with Gasteiger partial charge in [0.1, 0.15) is 36.0 Å². The summed E-state index contributed by atoms with van der Waals surface area (Å²) in [4.78, 5) is 77.3. The van der Waals surface area contributed by atoms with E-state index in [1.165, 1.54) is 13.2 Å². The molecule has 4 N–H and O–H groups in total. The molecule has 0 saturated carbocycles. The van der Waals surface area contributed by atoms with Crippen LogP contribution in [0.1, 0.15) is 66.3 Å². The number of cyclic esters (lactones) is 1. The number of hydrogen-bond acceptors (Lipinski definition) is 11. The number of hydrogen-bond donors (Lipinski definition) is 4. The Hall–Kier alpha value is -6.79. The topological polar surface area (TPSA) is 184 Å². The number of amides is 4. The van der Waals surface area contributed by atoms with Gasteiger partial charge in [-0.05, 0) is 58.5 Å². The third-order valence-corrected chi connectivity index (χ3v) is 11.8. The normalized spacial score (nSPS) is 22.9. The van der Waals surface area contributed by atoms with Crippen LogP contribution in [0.2, 0.25) is 0 Å². The average Bonchev–Trinajstić information content (AvgIpc) is 3.76. The number of carbonyl (C=O) groups excluding carboxylic acids is 5. The van der Waals surface area contributed by atoms with Gasteiger partial charge in [-0.15, -0.1) is 6.58 Å². The molecule has 0 aromatic heterocycles. The van der Waals surface area contributed by atoms with Gasteiger partial charge in [-0.3, -0.25) is 19.3 Å². The number of benzene rings is 4. The standard InChI is InChI=1S/C49H50N4O10/c1-5-24-50-44(56)38-41-46(58)63-42(33-18-10-7-11-19-33)40(32-16-8-6-9-17-32)53(41)43(34-20-14-21-35(29-34)62-27-26-55)49(38)36-28-31(15-12-13-25-54)22-23-37(36)52(47(49)59)48(60)51-39(30(2)3)45(57)61-4/h5-11,14,16-23,28-30,38-43,54-55H,1,13,24-27H2,2-4H3,(H,50,56)(H,51,60)/t38-,39+,40-,41-,42+,43+,49-/m1/s1. The summed E-state index contributed by atoms with van der Waals surface area (Å²) in [7, 11) is 1.20. The molecule has 0 aliphatic carbocycles. The first-order valence-corrected chi connectivity index (χ1v) is 20.8. The first-order valence-electron chi connectivity index (χ1n) is 20.8. The van der Waals surface area contributed by atoms with Crippen molar-refractivity contribution >= 4 is 35.5 Å². The van der Waals surface area contributed by atoms with Crippen LogP contribution in [0.4, 0.5) is 10.5 Å². The number of carbonyl (C=O) groups is 5. The molecular formula is C49H50N4O10. The van der Waals surface area contributed by atoms with Crippen molar-refractivity contribution in [3.05, 3.63) is 144 Å². The number of nitrogens with one attached hydrogen (secondary N) is 2. The number of morpholine rings is 1. The summed E-state index contributed by atoms with van der Waals surface area (Å²) in [6, 6.07) is 24.7. The van der Waals surface area contributed by atoms with Gasteiger partial charge in [-0.2, -0.15) is 0 Å². The van der Waals surface area contributed by atoms with Gasteiger partial charge in [0.05, 0.1) is 44.0 Å². The van der Waals surface area contributed by atoms with Gasteiger partial charge in [0, 0.05) is 18.5 Å². The number of imide groups is 1. The fourth-order valence-electron chi connectivity index (χ4n) is 9.25. The molecular weight excluding hydrogens is 805 g/mol. The van der Waals surface area contributed by atoms with Crippen molar-refractivity contribution in [3.63, 3.8) is 0 Å². The number of rotatable bonds is 13. The van der Waals surface area contributed by atoms with Crippen LogP contribution < -0.4 is 20.3 Å². The van der Waals surface area contributed by atoms with Crippen LogP contribution in [0.5, 0.6) is 5.75 Å². The van der Waals surface area contributed by atoms with Gasteiger partial charge in [-0.1, -0.05) is 105 Å². The van der Waals surface area contributed by atoms with Crippen LogP contribution in [-0.4, -0.2) is 90.5 Å². The minimum absolute atomic E-state index is 0.0236. The lowest BCUT2D eigenvalue weighted by molar-refractivity contribution is -0.178. The molecule has 4 amide bonds. The SMILES string of the molecule is C=CCNC(=O)[C@H]1[C@@H]2C(=O)O[C@@H](c3ccccc3)[C@@H](c3ccccc3)N2[C@@H](c2cccc(OCCO)c2)[C@]12C(=O)N(C(=O)N[C@H](C(=O)OC)C(C)C)c1ccc(C#CCCO)cc12. The van der Waals surface area contributed by atoms with E-state index in [0.717, 1.165) is 4.90 Å². The summed E-state index contributed by atoms with van der Waals surface area (Å²) in [5.41, 5.74) is 0.450. The van der Waals surface area contributed by atoms with E-state index in [0.29, 0.717) is 28.0 Å². The third-order valence-electron chi connectivity index (χ3n) is 11.8. The number of aliphatic hydroxyl groups is 2. The van der Waals surface area contributed by atoms with Crippen molar-refractivity contribution in [3.8, 4) is 17.6 Å². The van der Waals surface area contributed by atoms with Crippen LogP contribution in [0.3, 0.4) is 0 Å². The molecule has 2 fully saturated rings. The Morgan fingerprint density at radius 2 is 1.60 bits per heavy atom. The number of urea groups is 1. The summed E-state index contributed by atoms with van der Waals surface area (Å²) in [5, 5.41) is 24.9. The predicted octanol–water partition coefficient (Wildman–Crippen LogP) is 4.67. The lowest BCUT2D eigenvalue weighted by atomic mass is 9.65. The highest BCUT2D eigenvalue weighted by atomic mass is 16.6. The molecule has 3 aliphatic rings. The maximum Gasteiger partial charge on any atom is 0.329 e. The van der Waals surface area contributed by atoms with E-state index in [1.807, 2.05) is 65.6 Å². The second kappa shape index (κ2) is 19.1. The molecule has 3 aliphatic heterocycles. The lowest BCUT2D eigenvalue weighted by Gasteiger charge is -2.46. The third kappa shape index (κ3) is 8.07. The Labute approximate surface area is 365 Å². The van der Waals surface area contributed by atoms with Crippen LogP contribution in [0.15, 0.2) is 116 Å². The molecule has 3 heterocycles. The van der Waals surface area contributed by atoms with E-state index < -0.39 is 77.3 Å². The van der Waals surface area contributed by atoms with Crippen LogP contribution in [0, 0.1) is 23.7 Å². The highest BCUT2D eigenvalue weighted by Gasteiger charge is 2.75. The molecule has 4 aromatic rings. The fraction of sp³-hybridized carbons (Fsp3) is 0.327. The minimum Gasteiger partial charge on any atom is -0.491 e. The zero-order valence-corrected chi connectivity index (χ0v) is 35.2. The van der Waals surface area contributed by atoms with E-state index in [9.17, 15) is 19.8 Å². The highest BCUT2D eigenvalue weighted by Crippen LogP contribution is 2.66. The Kier molecular flexibility index (Phi) is 13.4. The Balaban J connectivity index is 1.59. The molecule has 2 saturated heterocycles. The molecule has 326 valence electrons. The van der Waals surface area contributed by atoms with Crippen molar-refractivity contribution in [2.45, 2.75) is 56.0 Å². The number of ether oxygens (including phenoxy) is 3. The summed E-state index contributed by atoms with van der Waals surface area (Å²) in [5.74, 6) is 1.25. The summed E-state index contributed by atoms with van der Waals surface area (Å²) < 4.78 is 17.4. The Bertz CT molecular complexity index is 2430. The van der Waals surface area contributed by atoms with E-state index in [4.69, 9.17) is 14.2 Å². The number of fused-ring (bicyclic) bond motifs is 3. The first-order chi connectivity index (χ1) is 30.5. The first kappa shape index (κ1) is 44.3. The largest absolute Gasteiger partial charge is 0.491 e. The monoisotopic (exact) mass is 854 g/mol. The van der Waals surface area contributed by atoms with Gasteiger partial charge in [0.15, 0.2) is 0 Å². The van der Waals surface area contributed by atoms with Crippen molar-refractivity contribution < 1.29 is 48.4 Å². The maximum atomic E-state index is 16.3. The van der Waals surface area contributed by atoms with Gasteiger partial charge >= 0.3 is 18.0 Å². The molecule has 63 heavy (non-hydrogen) atoms. The Morgan fingerprint density at radius 1 is 0.905 bits per heavy atom. The lowest BCUT2D eigenvalue weighted by Crippen LogP contribution is -2.57. The van der Waals surface area contributed by atoms with E-state index >= 15 is 14.4 Å². The van der Waals surface area contributed by atoms with Crippen LogP contribution >= 0.6 is 0 Å². The minimum atomic E-state index is -2.09. The predicted molar refractivity (Wildman–Crippen MR) is 232 cm³/mol. The fourth-order valence-corrected chi connectivity index (χ4v) is 9.25. The highest BCUT2D eigenvalue weighted by molar-refractivity contribution is 6.25. The molecule has 7 atom stereocenters. The van der Waals surface area contributed by atoms with Crippen molar-refractivity contribution in [1.29, 1.82) is 0 Å². The summed E-state index contributed by atoms with van der Waals surface area (Å²) >= 11 is 0. The van der Waals surface area contributed by atoms with Crippen LogP contribution in [0.25, 0.3) is 0 Å². The number of aliphatic hydroxyl groups excluding tert-OH is 2. The number of anilines is 1. The van der Waals surface area contributed by atoms with Gasteiger partial charge in [-0.25, -0.2) is 14.5 Å². The molecule has 4 aromatic carbocycles. The second-order valence-electron chi connectivity index (χ2n) is 15.8. The zero-order valence-electron chi connectivity index (χ0n) is 35.2. The van der Waals surface area contributed by atoms with E-state index in [2.05, 4.69) is 29.1 Å². The van der Waals surface area contributed by atoms with E-state index in [1.54, 1.807) is 56.3 Å². The summed E-state index contributed by atoms with van der Waals surface area (Å²) in [6.07, 6.45) is 0.682. The van der Waals surface area contributed by atoms with Crippen LogP contribution in [-0.2, 0) is 34.1 Å². The van der Waals surface area contributed by atoms with Gasteiger partial charge in [0.2, 0.25) is 11.8 Å². The number of nitrogens with zero attached hydrogens (tertiary/aromatic N) is 2. The quantitative estimate of drug-likeness (QED) is 0.0834. The molecule has 0 unspecified atom stereocenters. The zero-order chi connectivity index (χ0) is 44.8. The smallest absolute Gasteiger partial charge is 0.329 e. The number of methoxy groups -OCH3 is 1. The maximum absolute atomic E-state index is 16.3. The van der Waals surface area contributed by atoms with Crippen molar-refractivity contribution in [1.82, 2.24) is 15.5 Å². The molecule has 7 rings (SSSR count). The van der Waals surface area contributed by atoms with Gasteiger partial charge in [0.25, 0.3) is 0 Å². The molecule has 0 bridgehead atoms. The molecule has 14 heteroatoms. The molecule has 14 nitrogen and oxygen atoms in total. The van der Waals surface area contributed by atoms with Crippen molar-refractivity contribution in [2.24, 2.45) is 11.8 Å². The van der Waals surface area contributed by atoms with Gasteiger partial charge < -0.3 is 35.1 Å². The van der Waals surface area contributed by atoms with Crippen molar-refractivity contribution in [2.75, 3.05) is 38.4 Å². The number of esters is 2. The molecule has 1 spiro atoms.